The summed E-state index contributed by atoms with van der Waals surface area (Å²) >= 11 is 0. The van der Waals surface area contributed by atoms with E-state index in [9.17, 15) is 15.0 Å². The van der Waals surface area contributed by atoms with Gasteiger partial charge in [0.05, 0.1) is 11.2 Å². The topological polar surface area (TPSA) is 82.5 Å². The highest BCUT2D eigenvalue weighted by Gasteiger charge is 2.42. The first-order valence-corrected chi connectivity index (χ1v) is 10.5. The molecule has 0 bridgehead atoms. The van der Waals surface area contributed by atoms with Crippen molar-refractivity contribution in [1.29, 1.82) is 0 Å². The molecule has 0 aliphatic carbocycles. The van der Waals surface area contributed by atoms with Crippen molar-refractivity contribution in [2.24, 2.45) is 5.41 Å². The van der Waals surface area contributed by atoms with E-state index < -0.39 is 17.1 Å². The molecule has 31 heavy (non-hydrogen) atoms. The molecule has 3 N–H and O–H groups in total. The first-order valence-electron chi connectivity index (χ1n) is 10.5. The van der Waals surface area contributed by atoms with Crippen LogP contribution < -0.4 is 5.32 Å². The Balaban J connectivity index is 2.00. The van der Waals surface area contributed by atoms with Crippen LogP contribution in [0.3, 0.4) is 0 Å². The second-order valence-electron chi connectivity index (χ2n) is 8.88. The van der Waals surface area contributed by atoms with Crippen LogP contribution in [0.4, 0.5) is 10.1 Å². The highest BCUT2D eigenvalue weighted by Crippen LogP contribution is 2.50. The third kappa shape index (κ3) is 3.82. The number of aromatic hydroxyl groups is 2. The highest BCUT2D eigenvalue weighted by molar-refractivity contribution is 6.09. The van der Waals surface area contributed by atoms with Crippen LogP contribution in [0.15, 0.2) is 42.6 Å². The number of phenols is 1. The van der Waals surface area contributed by atoms with Crippen molar-refractivity contribution in [3.8, 4) is 11.5 Å². The molecule has 0 fully saturated rings. The molecule has 0 radical (unpaired) electrons. The molecule has 1 heterocycles. The molecule has 5 nitrogen and oxygen atoms in total. The van der Waals surface area contributed by atoms with Crippen LogP contribution in [0, 0.1) is 11.2 Å². The minimum atomic E-state index is -0.713. The van der Waals surface area contributed by atoms with Crippen LogP contribution in [0.25, 0.3) is 10.9 Å². The normalized spacial score (nSPS) is 12.2. The summed E-state index contributed by atoms with van der Waals surface area (Å²) in [5, 5.41) is 24.1. The van der Waals surface area contributed by atoms with E-state index in [-0.39, 0.29) is 28.2 Å². The van der Waals surface area contributed by atoms with Crippen LogP contribution in [-0.4, -0.2) is 21.1 Å². The van der Waals surface area contributed by atoms with Gasteiger partial charge in [-0.25, -0.2) is 4.39 Å². The number of hydrogen-bond donors (Lipinski definition) is 3. The summed E-state index contributed by atoms with van der Waals surface area (Å²) in [5.41, 5.74) is 0.189. The van der Waals surface area contributed by atoms with Crippen LogP contribution in [0.2, 0.25) is 0 Å². The molecule has 3 aromatic rings. The molecule has 0 saturated heterocycles. The molecule has 0 atom stereocenters. The number of carbonyl (C=O) groups is 1. The van der Waals surface area contributed by atoms with Gasteiger partial charge in [0, 0.05) is 28.6 Å². The van der Waals surface area contributed by atoms with Crippen molar-refractivity contribution in [2.75, 3.05) is 5.32 Å². The standard InChI is InChI=1S/C25H29FN2O3/c1-6-25(7-2,24(3,4)5)17-12-18(26)20(13-21(17)29)28-23(31)16-14-27-19-11-9-8-10-15(19)22(16)30/h8-14,29H,6-7H2,1-5H3,(H,27,30)(H,28,31). The zero-order valence-corrected chi connectivity index (χ0v) is 18.6. The predicted octanol–water partition coefficient (Wildman–Crippen LogP) is 6.14. The van der Waals surface area contributed by atoms with Gasteiger partial charge in [-0.2, -0.15) is 0 Å². The zero-order valence-electron chi connectivity index (χ0n) is 18.6. The molecule has 0 aliphatic heterocycles. The van der Waals surface area contributed by atoms with E-state index in [1.165, 1.54) is 18.3 Å². The van der Waals surface area contributed by atoms with Crippen LogP contribution >= 0.6 is 0 Å². The number of nitrogens with one attached hydrogen (secondary N) is 1. The number of fused-ring (bicyclic) bond motifs is 1. The average molecular weight is 425 g/mol. The van der Waals surface area contributed by atoms with E-state index in [0.29, 0.717) is 16.5 Å². The van der Waals surface area contributed by atoms with E-state index in [1.807, 2.05) is 13.8 Å². The lowest BCUT2D eigenvalue weighted by atomic mass is 9.59. The number of nitrogens with zero attached hydrogens (tertiary/aromatic N) is 1. The maximum Gasteiger partial charge on any atom is 0.261 e. The first kappa shape index (κ1) is 22.5. The number of amides is 1. The Hall–Kier alpha value is -3.15. The van der Waals surface area contributed by atoms with Gasteiger partial charge in [-0.05, 0) is 36.5 Å². The van der Waals surface area contributed by atoms with Gasteiger partial charge in [0.1, 0.15) is 22.9 Å². The molecule has 2 aromatic carbocycles. The number of pyridine rings is 1. The van der Waals surface area contributed by atoms with Gasteiger partial charge in [0.2, 0.25) is 0 Å². The Morgan fingerprint density at radius 1 is 1.10 bits per heavy atom. The number of carbonyl (C=O) groups excluding carboxylic acids is 1. The maximum absolute atomic E-state index is 15.0. The number of anilines is 1. The fourth-order valence-corrected chi connectivity index (χ4v) is 4.62. The fraction of sp³-hybridized carbons (Fsp3) is 0.360. The monoisotopic (exact) mass is 424 g/mol. The van der Waals surface area contributed by atoms with Crippen LogP contribution in [0.1, 0.15) is 63.4 Å². The van der Waals surface area contributed by atoms with Gasteiger partial charge in [-0.1, -0.05) is 46.8 Å². The quantitative estimate of drug-likeness (QED) is 0.459. The number of para-hydroxylation sites is 1. The average Bonchev–Trinajstić information content (AvgIpc) is 2.72. The van der Waals surface area contributed by atoms with E-state index in [2.05, 4.69) is 31.1 Å². The summed E-state index contributed by atoms with van der Waals surface area (Å²) in [6, 6.07) is 9.41. The third-order valence-corrected chi connectivity index (χ3v) is 6.48. The third-order valence-electron chi connectivity index (χ3n) is 6.48. The van der Waals surface area contributed by atoms with E-state index in [0.717, 1.165) is 12.8 Å². The summed E-state index contributed by atoms with van der Waals surface area (Å²) in [4.78, 5) is 16.9. The summed E-state index contributed by atoms with van der Waals surface area (Å²) < 4.78 is 15.0. The van der Waals surface area contributed by atoms with Crippen molar-refractivity contribution in [2.45, 2.75) is 52.9 Å². The molecule has 0 saturated carbocycles. The smallest absolute Gasteiger partial charge is 0.261 e. The Morgan fingerprint density at radius 2 is 1.74 bits per heavy atom. The molecule has 3 rings (SSSR count). The number of rotatable bonds is 5. The van der Waals surface area contributed by atoms with Gasteiger partial charge in [0.25, 0.3) is 5.91 Å². The lowest BCUT2D eigenvalue weighted by Crippen LogP contribution is -2.39. The summed E-state index contributed by atoms with van der Waals surface area (Å²) in [6.07, 6.45) is 2.70. The molecule has 1 aromatic heterocycles. The molecule has 6 heteroatoms. The zero-order chi connectivity index (χ0) is 23.0. The number of halogens is 1. The summed E-state index contributed by atoms with van der Waals surface area (Å²) in [5.74, 6) is -1.66. The lowest BCUT2D eigenvalue weighted by molar-refractivity contribution is 0.102. The summed E-state index contributed by atoms with van der Waals surface area (Å²) in [7, 11) is 0. The van der Waals surface area contributed by atoms with Gasteiger partial charge < -0.3 is 15.5 Å². The minimum Gasteiger partial charge on any atom is -0.508 e. The lowest BCUT2D eigenvalue weighted by Gasteiger charge is -2.45. The van der Waals surface area contributed by atoms with Gasteiger partial charge in [-0.15, -0.1) is 0 Å². The molecule has 164 valence electrons. The molecule has 1 amide bonds. The first-order chi connectivity index (χ1) is 14.6. The Kier molecular flexibility index (Phi) is 5.94. The minimum absolute atomic E-state index is 0.0730. The predicted molar refractivity (Wildman–Crippen MR) is 121 cm³/mol. The number of aromatic nitrogens is 1. The van der Waals surface area contributed by atoms with Crippen molar-refractivity contribution >= 4 is 22.5 Å². The van der Waals surface area contributed by atoms with Crippen LogP contribution in [0.5, 0.6) is 11.5 Å². The summed E-state index contributed by atoms with van der Waals surface area (Å²) in [6.45, 7) is 10.3. The maximum atomic E-state index is 15.0. The van der Waals surface area contributed by atoms with Crippen molar-refractivity contribution in [3.63, 3.8) is 0 Å². The molecule has 0 aliphatic rings. The second-order valence-corrected chi connectivity index (χ2v) is 8.88. The molecular weight excluding hydrogens is 395 g/mol. The Bertz CT molecular complexity index is 1130. The highest BCUT2D eigenvalue weighted by atomic mass is 19.1. The SMILES string of the molecule is CCC(CC)(c1cc(F)c(NC(=O)c2cnc3ccccc3c2O)cc1O)C(C)(C)C. The van der Waals surface area contributed by atoms with Crippen LogP contribution in [-0.2, 0) is 5.41 Å². The van der Waals surface area contributed by atoms with Crippen molar-refractivity contribution in [3.05, 3.63) is 59.5 Å². The van der Waals surface area contributed by atoms with E-state index in [4.69, 9.17) is 0 Å². The van der Waals surface area contributed by atoms with E-state index in [1.54, 1.807) is 24.3 Å². The number of benzene rings is 2. The molecular formula is C25H29FN2O3. The molecule has 0 unspecified atom stereocenters. The largest absolute Gasteiger partial charge is 0.508 e. The van der Waals surface area contributed by atoms with Crippen molar-refractivity contribution < 1.29 is 19.4 Å². The second kappa shape index (κ2) is 8.17. The van der Waals surface area contributed by atoms with Gasteiger partial charge in [-0.3, -0.25) is 9.78 Å². The fourth-order valence-electron chi connectivity index (χ4n) is 4.62. The van der Waals surface area contributed by atoms with Crippen molar-refractivity contribution in [1.82, 2.24) is 4.98 Å². The number of hydrogen-bond acceptors (Lipinski definition) is 4. The number of phenolic OH excluding ortho intramolecular Hbond substituents is 1. The Morgan fingerprint density at radius 3 is 2.35 bits per heavy atom. The molecule has 0 spiro atoms. The Labute approximate surface area is 182 Å². The van der Waals surface area contributed by atoms with E-state index >= 15 is 4.39 Å². The van der Waals surface area contributed by atoms with Gasteiger partial charge in [0.15, 0.2) is 0 Å². The van der Waals surface area contributed by atoms with Gasteiger partial charge >= 0.3 is 0 Å².